The lowest BCUT2D eigenvalue weighted by Crippen LogP contribution is -2.05. The molecule has 0 amide bonds. The Morgan fingerprint density at radius 2 is 2.08 bits per heavy atom. The lowest BCUT2D eigenvalue weighted by molar-refractivity contribution is 0.0687. The van der Waals surface area contributed by atoms with Crippen LogP contribution in [0.5, 0.6) is 0 Å². The van der Waals surface area contributed by atoms with Gasteiger partial charge in [0.2, 0.25) is 10.8 Å². The molecule has 70 valence electrons. The Hall–Kier alpha value is -1.37. The number of carbonyl (C=O) groups excluding carboxylic acids is 1. The maximum atomic E-state index is 11.2. The Kier molecular flexibility index (Phi) is 3.02. The summed E-state index contributed by atoms with van der Waals surface area (Å²) in [4.78, 5) is 21.7. The van der Waals surface area contributed by atoms with Crippen molar-refractivity contribution in [3.8, 4) is 0 Å². The number of carboxylic acids is 1. The number of nitrogens with zero attached hydrogens (tertiary/aromatic N) is 2. The summed E-state index contributed by atoms with van der Waals surface area (Å²) in [6.07, 6.45) is 0. The fourth-order valence-electron chi connectivity index (χ4n) is 0.722. The van der Waals surface area contributed by atoms with E-state index in [0.717, 1.165) is 11.8 Å². The Balaban J connectivity index is 2.93. The first kappa shape index (κ1) is 9.72. The van der Waals surface area contributed by atoms with Crippen LogP contribution in [-0.2, 0) is 0 Å². The zero-order valence-electron chi connectivity index (χ0n) is 6.77. The number of H-pyrrole nitrogens is 1. The van der Waals surface area contributed by atoms with E-state index in [0.29, 0.717) is 5.75 Å². The van der Waals surface area contributed by atoms with Crippen LogP contribution in [0.1, 0.15) is 27.9 Å². The van der Waals surface area contributed by atoms with Gasteiger partial charge in [-0.3, -0.25) is 4.79 Å². The Morgan fingerprint density at radius 1 is 1.46 bits per heavy atom. The van der Waals surface area contributed by atoms with Crippen LogP contribution in [0.4, 0.5) is 0 Å². The molecule has 0 saturated carbocycles. The highest BCUT2D eigenvalue weighted by atomic mass is 32.2. The fourth-order valence-corrected chi connectivity index (χ4v) is 1.26. The molecular formula is C6H7N3O3S. The second kappa shape index (κ2) is 4.04. The summed E-state index contributed by atoms with van der Waals surface area (Å²) < 4.78 is 0. The molecule has 0 radical (unpaired) electrons. The molecule has 1 aromatic rings. The smallest absolute Gasteiger partial charge is 0.358 e. The predicted molar refractivity (Wildman–Crippen MR) is 45.8 cm³/mol. The molecule has 13 heavy (non-hydrogen) atoms. The van der Waals surface area contributed by atoms with E-state index in [-0.39, 0.29) is 16.5 Å². The van der Waals surface area contributed by atoms with Gasteiger partial charge in [-0.2, -0.15) is 10.3 Å². The molecule has 0 bridgehead atoms. The number of hydrogen-bond acceptors (Lipinski definition) is 5. The quantitative estimate of drug-likeness (QED) is 0.734. The van der Waals surface area contributed by atoms with E-state index in [4.69, 9.17) is 5.11 Å². The van der Waals surface area contributed by atoms with Gasteiger partial charge in [-0.1, -0.05) is 18.7 Å². The van der Waals surface area contributed by atoms with Gasteiger partial charge in [0.25, 0.3) is 0 Å². The van der Waals surface area contributed by atoms with Crippen molar-refractivity contribution in [2.45, 2.75) is 6.92 Å². The second-order valence-corrected chi connectivity index (χ2v) is 3.28. The number of carboxylic acid groups (broad SMARTS) is 1. The van der Waals surface area contributed by atoms with E-state index in [1.54, 1.807) is 6.92 Å². The highest BCUT2D eigenvalue weighted by Crippen LogP contribution is 2.11. The highest BCUT2D eigenvalue weighted by Gasteiger charge is 2.21. The zero-order chi connectivity index (χ0) is 9.84. The summed E-state index contributed by atoms with van der Waals surface area (Å²) in [6, 6.07) is 0. The zero-order valence-corrected chi connectivity index (χ0v) is 7.59. The van der Waals surface area contributed by atoms with Crippen molar-refractivity contribution in [3.63, 3.8) is 0 Å². The number of aromatic carboxylic acids is 1. The van der Waals surface area contributed by atoms with Gasteiger partial charge >= 0.3 is 5.97 Å². The minimum Gasteiger partial charge on any atom is -0.476 e. The van der Waals surface area contributed by atoms with Gasteiger partial charge in [0, 0.05) is 0 Å². The van der Waals surface area contributed by atoms with E-state index >= 15 is 0 Å². The molecule has 7 heteroatoms. The number of rotatable bonds is 3. The second-order valence-electron chi connectivity index (χ2n) is 2.05. The van der Waals surface area contributed by atoms with Crippen LogP contribution in [0, 0.1) is 0 Å². The molecule has 0 saturated heterocycles. The first-order valence-corrected chi connectivity index (χ1v) is 4.46. The van der Waals surface area contributed by atoms with Gasteiger partial charge in [0.05, 0.1) is 0 Å². The molecule has 1 aromatic heterocycles. The van der Waals surface area contributed by atoms with Crippen molar-refractivity contribution in [1.82, 2.24) is 15.4 Å². The molecule has 0 fully saturated rings. The third-order valence-corrected chi connectivity index (χ3v) is 1.96. The van der Waals surface area contributed by atoms with Crippen molar-refractivity contribution < 1.29 is 14.7 Å². The maximum Gasteiger partial charge on any atom is 0.358 e. The first-order chi connectivity index (χ1) is 6.16. The van der Waals surface area contributed by atoms with Crippen LogP contribution < -0.4 is 0 Å². The molecule has 0 unspecified atom stereocenters. The first-order valence-electron chi connectivity index (χ1n) is 3.48. The average Bonchev–Trinajstić information content (AvgIpc) is 2.52. The van der Waals surface area contributed by atoms with Gasteiger partial charge < -0.3 is 5.11 Å². The molecule has 0 aromatic carbocycles. The number of carbonyl (C=O) groups is 2. The summed E-state index contributed by atoms with van der Waals surface area (Å²) in [6.45, 7) is 1.79. The van der Waals surface area contributed by atoms with Crippen molar-refractivity contribution >= 4 is 22.8 Å². The number of aromatic amines is 1. The van der Waals surface area contributed by atoms with E-state index in [9.17, 15) is 9.59 Å². The molecule has 0 spiro atoms. The van der Waals surface area contributed by atoms with Gasteiger partial charge in [0.1, 0.15) is 0 Å². The number of thioether (sulfide) groups is 1. The number of hydrogen-bond donors (Lipinski definition) is 2. The molecular weight excluding hydrogens is 194 g/mol. The Morgan fingerprint density at radius 3 is 2.62 bits per heavy atom. The lowest BCUT2D eigenvalue weighted by Gasteiger charge is -1.92. The van der Waals surface area contributed by atoms with Crippen LogP contribution in [0.2, 0.25) is 0 Å². The fraction of sp³-hybridized carbons (Fsp3) is 0.333. The SMILES string of the molecule is CCSC(=O)c1n[nH]nc1C(=O)O. The molecule has 0 aliphatic carbocycles. The molecule has 0 aliphatic heterocycles. The molecule has 0 aliphatic rings. The monoisotopic (exact) mass is 201 g/mol. The summed E-state index contributed by atoms with van der Waals surface area (Å²) in [7, 11) is 0. The number of aromatic nitrogens is 3. The molecule has 1 rings (SSSR count). The van der Waals surface area contributed by atoms with Crippen LogP contribution in [0.3, 0.4) is 0 Å². The van der Waals surface area contributed by atoms with Crippen molar-refractivity contribution in [1.29, 1.82) is 0 Å². The van der Waals surface area contributed by atoms with Crippen LogP contribution in [-0.4, -0.2) is 37.4 Å². The normalized spacial score (nSPS) is 9.92. The van der Waals surface area contributed by atoms with Gasteiger partial charge in [-0.25, -0.2) is 4.79 Å². The third kappa shape index (κ3) is 2.05. The summed E-state index contributed by atoms with van der Waals surface area (Å²) in [5.74, 6) is -0.682. The third-order valence-electron chi connectivity index (χ3n) is 1.22. The lowest BCUT2D eigenvalue weighted by atomic mass is 10.3. The van der Waals surface area contributed by atoms with Crippen LogP contribution in [0.25, 0.3) is 0 Å². The minimum absolute atomic E-state index is 0.126. The van der Waals surface area contributed by atoms with Crippen molar-refractivity contribution in [2.75, 3.05) is 5.75 Å². The Labute approximate surface area is 77.7 Å². The Bertz CT molecular complexity index is 336. The molecule has 2 N–H and O–H groups in total. The van der Waals surface area contributed by atoms with Crippen molar-refractivity contribution in [3.05, 3.63) is 11.4 Å². The van der Waals surface area contributed by atoms with Gasteiger partial charge in [0.15, 0.2) is 5.69 Å². The standard InChI is InChI=1S/C6H7N3O3S/c1-2-13-6(12)4-3(5(10)11)7-9-8-4/h2H2,1H3,(H,10,11)(H,7,8,9). The van der Waals surface area contributed by atoms with E-state index in [1.807, 2.05) is 0 Å². The minimum atomic E-state index is -1.26. The molecule has 0 atom stereocenters. The van der Waals surface area contributed by atoms with E-state index in [2.05, 4.69) is 15.4 Å². The van der Waals surface area contributed by atoms with Gasteiger partial charge in [-0.05, 0) is 5.75 Å². The van der Waals surface area contributed by atoms with Crippen LogP contribution >= 0.6 is 11.8 Å². The largest absolute Gasteiger partial charge is 0.476 e. The van der Waals surface area contributed by atoms with Gasteiger partial charge in [-0.15, -0.1) is 5.10 Å². The van der Waals surface area contributed by atoms with Crippen LogP contribution in [0.15, 0.2) is 0 Å². The van der Waals surface area contributed by atoms with E-state index in [1.165, 1.54) is 0 Å². The predicted octanol–water partition coefficient (Wildman–Crippen LogP) is 0.396. The highest BCUT2D eigenvalue weighted by molar-refractivity contribution is 8.14. The summed E-state index contributed by atoms with van der Waals surface area (Å²) in [5, 5.41) is 17.1. The maximum absolute atomic E-state index is 11.2. The van der Waals surface area contributed by atoms with E-state index < -0.39 is 5.97 Å². The average molecular weight is 201 g/mol. The molecule has 6 nitrogen and oxygen atoms in total. The summed E-state index contributed by atoms with van der Waals surface area (Å²) in [5.41, 5.74) is -0.453. The topological polar surface area (TPSA) is 95.9 Å². The number of nitrogens with one attached hydrogen (secondary N) is 1. The van der Waals surface area contributed by atoms with Crippen molar-refractivity contribution in [2.24, 2.45) is 0 Å². The summed E-state index contributed by atoms with van der Waals surface area (Å²) >= 11 is 0.996. The molecule has 1 heterocycles.